The number of sulfonamides is 1. The number of nitrogens with zero attached hydrogens (tertiary/aromatic N) is 2. The number of anilines is 1. The second-order valence-electron chi connectivity index (χ2n) is 6.83. The van der Waals surface area contributed by atoms with Crippen molar-refractivity contribution in [2.45, 2.75) is 17.4 Å². The summed E-state index contributed by atoms with van der Waals surface area (Å²) in [5.41, 5.74) is 7.02. The first-order valence-corrected chi connectivity index (χ1v) is 10.6. The molecular formula is C20H22FN5O2S2. The van der Waals surface area contributed by atoms with Gasteiger partial charge in [-0.2, -0.15) is 13.5 Å². The van der Waals surface area contributed by atoms with Gasteiger partial charge in [0.15, 0.2) is 0 Å². The van der Waals surface area contributed by atoms with Crippen LogP contribution in [-0.4, -0.2) is 37.5 Å². The van der Waals surface area contributed by atoms with Crippen molar-refractivity contribution >= 4 is 29.3 Å². The molecule has 1 saturated heterocycles. The fraction of sp³-hybridized carbons (Fsp3) is 0.200. The van der Waals surface area contributed by atoms with Crippen LogP contribution < -0.4 is 15.8 Å². The molecule has 0 radical (unpaired) electrons. The van der Waals surface area contributed by atoms with Gasteiger partial charge in [0.2, 0.25) is 10.0 Å². The van der Waals surface area contributed by atoms with E-state index in [4.69, 9.17) is 5.73 Å². The number of halogens is 1. The van der Waals surface area contributed by atoms with Crippen molar-refractivity contribution in [3.05, 3.63) is 60.7 Å². The monoisotopic (exact) mass is 447 g/mol. The molecule has 4 N–H and O–H groups in total. The van der Waals surface area contributed by atoms with Crippen molar-refractivity contribution in [2.75, 3.05) is 18.8 Å². The van der Waals surface area contributed by atoms with Gasteiger partial charge < -0.3 is 11.1 Å². The molecule has 0 amide bonds. The van der Waals surface area contributed by atoms with Crippen LogP contribution in [0, 0.1) is 5.82 Å². The third-order valence-corrected chi connectivity index (χ3v) is 6.37. The van der Waals surface area contributed by atoms with Crippen LogP contribution in [0.4, 0.5) is 10.2 Å². The molecule has 0 spiro atoms. The Kier molecular flexibility index (Phi) is 6.71. The normalized spacial score (nSPS) is 16.2. The van der Waals surface area contributed by atoms with Crippen LogP contribution in [0.15, 0.2) is 59.8 Å². The summed E-state index contributed by atoms with van der Waals surface area (Å²) in [4.78, 5) is 8.13. The fourth-order valence-corrected chi connectivity index (χ4v) is 4.85. The molecule has 2 aromatic carbocycles. The molecule has 0 aliphatic carbocycles. The highest BCUT2D eigenvalue weighted by Crippen LogP contribution is 2.31. The Balaban J connectivity index is 0.00000256. The maximum atomic E-state index is 14.8. The van der Waals surface area contributed by atoms with Crippen LogP contribution in [0.1, 0.15) is 6.42 Å². The second kappa shape index (κ2) is 9.09. The van der Waals surface area contributed by atoms with E-state index < -0.39 is 15.8 Å². The van der Waals surface area contributed by atoms with E-state index >= 15 is 0 Å². The van der Waals surface area contributed by atoms with Gasteiger partial charge in [0.1, 0.15) is 11.6 Å². The highest BCUT2D eigenvalue weighted by atomic mass is 32.2. The van der Waals surface area contributed by atoms with Gasteiger partial charge in [0.05, 0.1) is 23.0 Å². The molecule has 1 fully saturated rings. The smallest absolute Gasteiger partial charge is 0.241 e. The lowest BCUT2D eigenvalue weighted by molar-refractivity contribution is 0.560. The van der Waals surface area contributed by atoms with Gasteiger partial charge in [0, 0.05) is 23.7 Å². The summed E-state index contributed by atoms with van der Waals surface area (Å²) in [6, 6.07) is 10.9. The highest BCUT2D eigenvalue weighted by Gasteiger charge is 2.25. The zero-order valence-corrected chi connectivity index (χ0v) is 17.8. The number of nitrogens with two attached hydrogens (primary N) is 1. The van der Waals surface area contributed by atoms with Gasteiger partial charge in [0.25, 0.3) is 0 Å². The van der Waals surface area contributed by atoms with Gasteiger partial charge in [-0.15, -0.1) is 0 Å². The van der Waals surface area contributed by atoms with E-state index in [-0.39, 0.29) is 35.8 Å². The fourth-order valence-electron chi connectivity index (χ4n) is 3.35. The van der Waals surface area contributed by atoms with Crippen molar-refractivity contribution in [1.82, 2.24) is 20.0 Å². The maximum Gasteiger partial charge on any atom is 0.241 e. The molecule has 0 bridgehead atoms. The van der Waals surface area contributed by atoms with E-state index in [2.05, 4.69) is 20.0 Å². The summed E-state index contributed by atoms with van der Waals surface area (Å²) >= 11 is 0. The predicted molar refractivity (Wildman–Crippen MR) is 119 cm³/mol. The number of nitrogen functional groups attached to an aromatic ring is 1. The zero-order valence-electron chi connectivity index (χ0n) is 16.0. The number of aromatic nitrogens is 2. The van der Waals surface area contributed by atoms with Gasteiger partial charge >= 0.3 is 0 Å². The lowest BCUT2D eigenvalue weighted by Gasteiger charge is -2.15. The van der Waals surface area contributed by atoms with Crippen LogP contribution in [0.3, 0.4) is 0 Å². The van der Waals surface area contributed by atoms with E-state index in [0.29, 0.717) is 23.4 Å². The first-order chi connectivity index (χ1) is 13.9. The molecule has 30 heavy (non-hydrogen) atoms. The van der Waals surface area contributed by atoms with Crippen molar-refractivity contribution in [3.8, 4) is 22.4 Å². The first-order valence-electron chi connectivity index (χ1n) is 9.14. The minimum absolute atomic E-state index is 0. The summed E-state index contributed by atoms with van der Waals surface area (Å²) in [6.45, 7) is 1.36. The first kappa shape index (κ1) is 22.2. The van der Waals surface area contributed by atoms with Crippen LogP contribution in [0.2, 0.25) is 0 Å². The molecule has 1 atom stereocenters. The highest BCUT2D eigenvalue weighted by molar-refractivity contribution is 7.89. The number of hydrogen-bond donors (Lipinski definition) is 3. The molecule has 0 unspecified atom stereocenters. The Hall–Kier alpha value is -2.53. The summed E-state index contributed by atoms with van der Waals surface area (Å²) in [5.74, 6) is -0.281. The van der Waals surface area contributed by atoms with E-state index in [1.807, 2.05) is 0 Å². The number of nitrogens with one attached hydrogen (secondary N) is 2. The van der Waals surface area contributed by atoms with E-state index in [1.165, 1.54) is 24.5 Å². The van der Waals surface area contributed by atoms with Crippen molar-refractivity contribution in [2.24, 2.45) is 0 Å². The topological polar surface area (TPSA) is 110 Å². The number of rotatable bonds is 5. The molecule has 0 saturated carbocycles. The van der Waals surface area contributed by atoms with Gasteiger partial charge in [-0.05, 0) is 36.7 Å². The van der Waals surface area contributed by atoms with E-state index in [1.54, 1.807) is 30.3 Å². The summed E-state index contributed by atoms with van der Waals surface area (Å²) in [5, 5.41) is 3.13. The molecule has 4 rings (SSSR count). The molecule has 2 heterocycles. The standard InChI is InChI=1S/C20H20FN5O2S.H2S/c21-17-9-13(5-6-16(17)18-11-25-20(22)12-24-18)15-3-1-2-4-19(15)29(27,28)26-14-7-8-23-10-14;/h1-6,9,11-12,14,23,26H,7-8,10H2,(H2,22,25);1H2/t14-;/m1./s1. The number of benzene rings is 2. The third kappa shape index (κ3) is 4.62. The molecule has 3 aromatic rings. The Morgan fingerprint density at radius 2 is 1.90 bits per heavy atom. The largest absolute Gasteiger partial charge is 0.382 e. The van der Waals surface area contributed by atoms with E-state index in [0.717, 1.165) is 13.0 Å². The van der Waals surface area contributed by atoms with Gasteiger partial charge in [-0.25, -0.2) is 22.5 Å². The lowest BCUT2D eigenvalue weighted by Crippen LogP contribution is -2.36. The van der Waals surface area contributed by atoms with E-state index in [9.17, 15) is 12.8 Å². The maximum absolute atomic E-state index is 14.8. The molecule has 7 nitrogen and oxygen atoms in total. The minimum atomic E-state index is -3.75. The molecule has 10 heteroatoms. The quantitative estimate of drug-likeness (QED) is 0.554. The summed E-state index contributed by atoms with van der Waals surface area (Å²) in [6.07, 6.45) is 3.48. The van der Waals surface area contributed by atoms with Crippen molar-refractivity contribution < 1.29 is 12.8 Å². The molecule has 1 aromatic heterocycles. The Labute approximate surface area is 181 Å². The zero-order chi connectivity index (χ0) is 20.4. The van der Waals surface area contributed by atoms with Gasteiger partial charge in [-0.1, -0.05) is 24.3 Å². The van der Waals surface area contributed by atoms with Gasteiger partial charge in [-0.3, -0.25) is 4.98 Å². The van der Waals surface area contributed by atoms with Crippen molar-refractivity contribution in [1.29, 1.82) is 0 Å². The number of hydrogen-bond acceptors (Lipinski definition) is 6. The van der Waals surface area contributed by atoms with Crippen LogP contribution in [0.25, 0.3) is 22.4 Å². The molecule has 1 aliphatic rings. The Morgan fingerprint density at radius 1 is 1.10 bits per heavy atom. The average molecular weight is 448 g/mol. The predicted octanol–water partition coefficient (Wildman–Crippen LogP) is 2.28. The summed E-state index contributed by atoms with van der Waals surface area (Å²) in [7, 11) is -3.75. The Morgan fingerprint density at radius 3 is 2.57 bits per heavy atom. The average Bonchev–Trinajstić information content (AvgIpc) is 3.21. The lowest BCUT2D eigenvalue weighted by atomic mass is 10.0. The van der Waals surface area contributed by atoms with Crippen LogP contribution >= 0.6 is 13.5 Å². The van der Waals surface area contributed by atoms with Crippen LogP contribution in [-0.2, 0) is 10.0 Å². The summed E-state index contributed by atoms with van der Waals surface area (Å²) < 4.78 is 43.4. The minimum Gasteiger partial charge on any atom is -0.382 e. The van der Waals surface area contributed by atoms with Crippen LogP contribution in [0.5, 0.6) is 0 Å². The third-order valence-electron chi connectivity index (χ3n) is 4.79. The molecular weight excluding hydrogens is 425 g/mol. The molecule has 1 aliphatic heterocycles. The van der Waals surface area contributed by atoms with Crippen molar-refractivity contribution in [3.63, 3.8) is 0 Å². The second-order valence-corrected chi connectivity index (χ2v) is 8.51. The Bertz CT molecular complexity index is 1130. The molecule has 158 valence electrons. The SMILES string of the molecule is Nc1cnc(-c2ccc(-c3ccccc3S(=O)(=O)N[C@@H]3CCNC3)cc2F)cn1.S.